The first-order valence-corrected chi connectivity index (χ1v) is 6.86. The van der Waals surface area contributed by atoms with E-state index in [1.807, 2.05) is 0 Å². The number of H-pyrrole nitrogens is 1. The van der Waals surface area contributed by atoms with Gasteiger partial charge in [-0.2, -0.15) is 0 Å². The zero-order chi connectivity index (χ0) is 14.8. The first kappa shape index (κ1) is 13.8. The maximum Gasteiger partial charge on any atom is 0.182 e. The zero-order valence-corrected chi connectivity index (χ0v) is 12.2. The van der Waals surface area contributed by atoms with Crippen LogP contribution in [0, 0.1) is 0 Å². The van der Waals surface area contributed by atoms with Crippen molar-refractivity contribution in [2.24, 2.45) is 0 Å². The van der Waals surface area contributed by atoms with Gasteiger partial charge in [0.2, 0.25) is 0 Å². The van der Waals surface area contributed by atoms with E-state index in [2.05, 4.69) is 15.0 Å². The molecule has 0 radical (unpaired) electrons. The lowest BCUT2D eigenvalue weighted by molar-refractivity contribution is 1.21. The third-order valence-corrected chi connectivity index (χ3v) is 3.31. The minimum absolute atomic E-state index is 0.151. The van der Waals surface area contributed by atoms with Crippen LogP contribution < -0.4 is 5.43 Å². The summed E-state index contributed by atoms with van der Waals surface area (Å²) >= 11 is 11.9. The Kier molecular flexibility index (Phi) is 3.73. The van der Waals surface area contributed by atoms with Crippen LogP contribution in [0.2, 0.25) is 10.0 Å². The molecular weight excluding hydrogens is 309 g/mol. The molecule has 0 atom stereocenters. The highest BCUT2D eigenvalue weighted by Gasteiger charge is 2.07. The summed E-state index contributed by atoms with van der Waals surface area (Å²) in [5, 5.41) is 1.10. The second-order valence-electron chi connectivity index (χ2n) is 4.36. The van der Waals surface area contributed by atoms with E-state index in [0.29, 0.717) is 32.8 Å². The van der Waals surface area contributed by atoms with Gasteiger partial charge in [0.15, 0.2) is 5.43 Å². The summed E-state index contributed by atoms with van der Waals surface area (Å²) < 4.78 is 0. The van der Waals surface area contributed by atoms with E-state index in [1.54, 1.807) is 36.7 Å². The van der Waals surface area contributed by atoms with Gasteiger partial charge in [-0.05, 0) is 24.3 Å². The van der Waals surface area contributed by atoms with E-state index in [-0.39, 0.29) is 5.43 Å². The summed E-state index contributed by atoms with van der Waals surface area (Å²) in [6.45, 7) is 0. The molecule has 6 heteroatoms. The molecule has 104 valence electrons. The number of hydrogen-bond donors (Lipinski definition) is 1. The molecule has 3 heterocycles. The Bertz CT molecular complexity index is 795. The molecule has 0 aliphatic heterocycles. The van der Waals surface area contributed by atoms with E-state index >= 15 is 0 Å². The minimum atomic E-state index is -0.151. The van der Waals surface area contributed by atoms with Crippen molar-refractivity contribution < 1.29 is 0 Å². The molecule has 0 aromatic carbocycles. The van der Waals surface area contributed by atoms with Crippen LogP contribution >= 0.6 is 23.2 Å². The molecule has 1 N–H and O–H groups in total. The average molecular weight is 318 g/mol. The maximum absolute atomic E-state index is 11.9. The molecule has 0 saturated heterocycles. The Morgan fingerprint density at radius 2 is 1.29 bits per heavy atom. The standard InChI is InChI=1S/C15H9Cl2N3O/c16-9-1-3-18-12(5-9)14-7-11(21)8-15(20-14)13-6-10(17)2-4-19-13/h1-8H,(H,20,21). The van der Waals surface area contributed by atoms with Gasteiger partial charge in [-0.1, -0.05) is 23.2 Å². The van der Waals surface area contributed by atoms with Crippen LogP contribution in [0.1, 0.15) is 0 Å². The lowest BCUT2D eigenvalue weighted by atomic mass is 10.2. The van der Waals surface area contributed by atoms with Crippen LogP contribution in [0.3, 0.4) is 0 Å². The molecule has 0 bridgehead atoms. The summed E-state index contributed by atoms with van der Waals surface area (Å²) in [6, 6.07) is 9.64. The number of hydrogen-bond acceptors (Lipinski definition) is 3. The molecule has 3 aromatic rings. The molecule has 0 saturated carbocycles. The highest BCUT2D eigenvalue weighted by molar-refractivity contribution is 6.31. The Balaban J connectivity index is 2.15. The third-order valence-electron chi connectivity index (χ3n) is 2.84. The summed E-state index contributed by atoms with van der Waals surface area (Å²) in [6.07, 6.45) is 3.17. The van der Waals surface area contributed by atoms with Gasteiger partial charge in [0.05, 0.1) is 22.8 Å². The van der Waals surface area contributed by atoms with Gasteiger partial charge in [-0.3, -0.25) is 14.8 Å². The van der Waals surface area contributed by atoms with Crippen molar-refractivity contribution in [1.29, 1.82) is 0 Å². The second-order valence-corrected chi connectivity index (χ2v) is 5.23. The Morgan fingerprint density at radius 3 is 1.71 bits per heavy atom. The third kappa shape index (κ3) is 3.12. The smallest absolute Gasteiger partial charge is 0.182 e. The van der Waals surface area contributed by atoms with E-state index in [1.165, 1.54) is 12.1 Å². The normalized spacial score (nSPS) is 10.6. The molecule has 3 rings (SSSR count). The summed E-state index contributed by atoms with van der Waals surface area (Å²) in [7, 11) is 0. The van der Waals surface area contributed by atoms with Gasteiger partial charge < -0.3 is 4.98 Å². The fourth-order valence-corrected chi connectivity index (χ4v) is 2.24. The van der Waals surface area contributed by atoms with Crippen LogP contribution in [0.15, 0.2) is 53.6 Å². The summed E-state index contributed by atoms with van der Waals surface area (Å²) in [5.74, 6) is 0. The Labute approximate surface area is 130 Å². The second kappa shape index (κ2) is 5.68. The minimum Gasteiger partial charge on any atom is -0.352 e. The molecule has 0 fully saturated rings. The first-order chi connectivity index (χ1) is 10.1. The van der Waals surface area contributed by atoms with E-state index in [0.717, 1.165) is 0 Å². The molecule has 3 aromatic heterocycles. The predicted molar refractivity (Wildman–Crippen MR) is 83.5 cm³/mol. The highest BCUT2D eigenvalue weighted by atomic mass is 35.5. The number of rotatable bonds is 2. The van der Waals surface area contributed by atoms with Crippen LogP contribution in [0.25, 0.3) is 22.8 Å². The van der Waals surface area contributed by atoms with Gasteiger partial charge in [0.25, 0.3) is 0 Å². The largest absolute Gasteiger partial charge is 0.352 e. The number of pyridine rings is 3. The zero-order valence-electron chi connectivity index (χ0n) is 10.7. The van der Waals surface area contributed by atoms with E-state index in [4.69, 9.17) is 23.2 Å². The number of aromatic nitrogens is 3. The lowest BCUT2D eigenvalue weighted by Crippen LogP contribution is -2.03. The van der Waals surface area contributed by atoms with Crippen molar-refractivity contribution in [2.45, 2.75) is 0 Å². The SMILES string of the molecule is O=c1cc(-c2cc(Cl)ccn2)[nH]c(-c2cc(Cl)ccn2)c1. The van der Waals surface area contributed by atoms with Crippen molar-refractivity contribution in [2.75, 3.05) is 0 Å². The number of nitrogens with one attached hydrogen (secondary N) is 1. The van der Waals surface area contributed by atoms with Gasteiger partial charge in [0, 0.05) is 34.6 Å². The van der Waals surface area contributed by atoms with Crippen molar-refractivity contribution in [1.82, 2.24) is 15.0 Å². The van der Waals surface area contributed by atoms with Crippen LogP contribution in [0.4, 0.5) is 0 Å². The highest BCUT2D eigenvalue weighted by Crippen LogP contribution is 2.21. The molecule has 0 unspecified atom stereocenters. The van der Waals surface area contributed by atoms with Crippen molar-refractivity contribution in [3.63, 3.8) is 0 Å². The van der Waals surface area contributed by atoms with E-state index in [9.17, 15) is 4.79 Å². The first-order valence-electron chi connectivity index (χ1n) is 6.10. The molecule has 0 amide bonds. The Morgan fingerprint density at radius 1 is 0.810 bits per heavy atom. The number of halogens is 2. The van der Waals surface area contributed by atoms with Crippen LogP contribution in [-0.4, -0.2) is 15.0 Å². The molecule has 4 nitrogen and oxygen atoms in total. The van der Waals surface area contributed by atoms with Crippen molar-refractivity contribution >= 4 is 23.2 Å². The molecule has 0 spiro atoms. The number of nitrogens with zero attached hydrogens (tertiary/aromatic N) is 2. The topological polar surface area (TPSA) is 58.6 Å². The molecular formula is C15H9Cl2N3O. The lowest BCUT2D eigenvalue weighted by Gasteiger charge is -2.06. The Hall–Kier alpha value is -2.17. The molecule has 0 aliphatic rings. The van der Waals surface area contributed by atoms with Gasteiger partial charge in [0.1, 0.15) is 0 Å². The summed E-state index contributed by atoms with van der Waals surface area (Å²) in [5.41, 5.74) is 2.16. The van der Waals surface area contributed by atoms with Gasteiger partial charge in [-0.25, -0.2) is 0 Å². The van der Waals surface area contributed by atoms with Crippen LogP contribution in [-0.2, 0) is 0 Å². The molecule has 21 heavy (non-hydrogen) atoms. The fourth-order valence-electron chi connectivity index (χ4n) is 1.92. The quantitative estimate of drug-likeness (QED) is 0.782. The fraction of sp³-hybridized carbons (Fsp3) is 0. The summed E-state index contributed by atoms with van der Waals surface area (Å²) in [4.78, 5) is 23.4. The average Bonchev–Trinajstić information content (AvgIpc) is 2.46. The predicted octanol–water partition coefficient (Wildman–Crippen LogP) is 3.81. The van der Waals surface area contributed by atoms with Gasteiger partial charge >= 0.3 is 0 Å². The van der Waals surface area contributed by atoms with Crippen molar-refractivity contribution in [3.05, 3.63) is 69.1 Å². The van der Waals surface area contributed by atoms with Crippen LogP contribution in [0.5, 0.6) is 0 Å². The van der Waals surface area contributed by atoms with Crippen molar-refractivity contribution in [3.8, 4) is 22.8 Å². The monoisotopic (exact) mass is 317 g/mol. The number of aromatic amines is 1. The van der Waals surface area contributed by atoms with Gasteiger partial charge in [-0.15, -0.1) is 0 Å². The van der Waals surface area contributed by atoms with E-state index < -0.39 is 0 Å². The maximum atomic E-state index is 11.9. The molecule has 0 aliphatic carbocycles.